The molecule has 0 aliphatic rings. The van der Waals surface area contributed by atoms with Gasteiger partial charge in [0.05, 0.1) is 17.1 Å². The fraction of sp³-hybridized carbons (Fsp3) is 0.417. The van der Waals surface area contributed by atoms with Crippen molar-refractivity contribution in [1.82, 2.24) is 4.90 Å². The molecule has 1 rings (SSSR count). The fourth-order valence-corrected chi connectivity index (χ4v) is 2.80. The molecule has 0 aliphatic heterocycles. The van der Waals surface area contributed by atoms with Gasteiger partial charge in [-0.15, -0.1) is 0 Å². The van der Waals surface area contributed by atoms with E-state index < -0.39 is 15.8 Å². The van der Waals surface area contributed by atoms with Gasteiger partial charge in [-0.1, -0.05) is 12.1 Å². The Kier molecular flexibility index (Phi) is 4.86. The van der Waals surface area contributed by atoms with Gasteiger partial charge in [0.2, 0.25) is 0 Å². The normalized spacial score (nSPS) is 11.7. The number of benzene rings is 1. The molecule has 1 N–H and O–H groups in total. The lowest BCUT2D eigenvalue weighted by atomic mass is 10.2. The molecule has 0 fully saturated rings. The quantitative estimate of drug-likeness (QED) is 0.822. The number of aliphatic carboxylic acids is 1. The third kappa shape index (κ3) is 4.46. The van der Waals surface area contributed by atoms with Crippen molar-refractivity contribution in [2.75, 3.05) is 26.4 Å². The average Bonchev–Trinajstić information content (AvgIpc) is 2.26. The zero-order valence-electron chi connectivity index (χ0n) is 10.5. The third-order valence-electron chi connectivity index (χ3n) is 2.45. The predicted octanol–water partition coefficient (Wildman–Crippen LogP) is 0.649. The molecule has 0 radical (unpaired) electrons. The summed E-state index contributed by atoms with van der Waals surface area (Å²) in [7, 11) is 0.332. The Morgan fingerprint density at radius 3 is 2.22 bits per heavy atom. The maximum atomic E-state index is 11.9. The summed E-state index contributed by atoms with van der Waals surface area (Å²) < 4.78 is 23.9. The van der Waals surface area contributed by atoms with Crippen LogP contribution in [0, 0.1) is 0 Å². The molecule has 0 aromatic heterocycles. The molecule has 0 saturated heterocycles. The lowest BCUT2D eigenvalue weighted by molar-refractivity contribution is -0.136. The number of hydrogen-bond donors (Lipinski definition) is 1. The Labute approximate surface area is 107 Å². The third-order valence-corrected chi connectivity index (χ3v) is 4.16. The van der Waals surface area contributed by atoms with Crippen molar-refractivity contribution in [2.45, 2.75) is 11.3 Å². The summed E-state index contributed by atoms with van der Waals surface area (Å²) in [6.45, 7) is 0.458. The minimum Gasteiger partial charge on any atom is -0.481 e. The molecule has 6 heteroatoms. The monoisotopic (exact) mass is 271 g/mol. The number of rotatable bonds is 6. The first-order chi connectivity index (χ1) is 8.31. The Morgan fingerprint density at radius 2 is 1.78 bits per heavy atom. The number of nitrogens with zero attached hydrogens (tertiary/aromatic N) is 1. The van der Waals surface area contributed by atoms with Crippen LogP contribution in [0.5, 0.6) is 0 Å². The van der Waals surface area contributed by atoms with E-state index in [0.717, 1.165) is 0 Å². The molecule has 1 aromatic rings. The van der Waals surface area contributed by atoms with Gasteiger partial charge in [0.15, 0.2) is 9.84 Å². The second-order valence-electron chi connectivity index (χ2n) is 4.34. The molecule has 0 bridgehead atoms. The van der Waals surface area contributed by atoms with Gasteiger partial charge in [0.1, 0.15) is 0 Å². The molecule has 1 aromatic carbocycles. The van der Waals surface area contributed by atoms with E-state index in [1.54, 1.807) is 4.90 Å². The number of carboxylic acids is 1. The Balaban J connectivity index is 2.81. The van der Waals surface area contributed by atoms with Crippen molar-refractivity contribution in [3.63, 3.8) is 0 Å². The van der Waals surface area contributed by atoms with E-state index in [2.05, 4.69) is 0 Å². The highest BCUT2D eigenvalue weighted by atomic mass is 32.2. The number of carboxylic acid groups (broad SMARTS) is 1. The Morgan fingerprint density at radius 1 is 1.22 bits per heavy atom. The zero-order chi connectivity index (χ0) is 13.8. The second-order valence-corrected chi connectivity index (χ2v) is 6.45. The minimum absolute atomic E-state index is 0.0538. The zero-order valence-corrected chi connectivity index (χ0v) is 11.3. The van der Waals surface area contributed by atoms with Crippen molar-refractivity contribution in [3.05, 3.63) is 29.8 Å². The summed E-state index contributed by atoms with van der Waals surface area (Å²) in [6, 6.07) is 6.00. The molecular weight excluding hydrogens is 254 g/mol. The van der Waals surface area contributed by atoms with Gasteiger partial charge < -0.3 is 10.0 Å². The summed E-state index contributed by atoms with van der Waals surface area (Å²) in [5, 5.41) is 8.62. The summed E-state index contributed by atoms with van der Waals surface area (Å²) in [5.41, 5.74) is 0.592. The second kappa shape index (κ2) is 5.97. The molecule has 18 heavy (non-hydrogen) atoms. The summed E-state index contributed by atoms with van der Waals surface area (Å²) in [5.74, 6) is -0.878. The molecule has 5 nitrogen and oxygen atoms in total. The van der Waals surface area contributed by atoms with Gasteiger partial charge in [-0.2, -0.15) is 0 Å². The molecule has 0 saturated carbocycles. The average molecular weight is 271 g/mol. The molecule has 0 amide bonds. The smallest absolute Gasteiger partial charge is 0.307 e. The van der Waals surface area contributed by atoms with Crippen molar-refractivity contribution < 1.29 is 18.3 Å². The lowest BCUT2D eigenvalue weighted by Gasteiger charge is -2.10. The highest BCUT2D eigenvalue weighted by molar-refractivity contribution is 7.91. The standard InChI is InChI=1S/C12H17NO4S/c1-13(2)7-8-18(16,17)11-5-3-10(4-6-11)9-12(14)15/h3-6H,7-9H2,1-2H3,(H,14,15). The predicted molar refractivity (Wildman–Crippen MR) is 68.4 cm³/mol. The topological polar surface area (TPSA) is 74.7 Å². The van der Waals surface area contributed by atoms with Crippen LogP contribution in [0.25, 0.3) is 0 Å². The molecule has 0 atom stereocenters. The number of hydrogen-bond acceptors (Lipinski definition) is 4. The SMILES string of the molecule is CN(C)CCS(=O)(=O)c1ccc(CC(=O)O)cc1. The van der Waals surface area contributed by atoms with Gasteiger partial charge in [0, 0.05) is 6.54 Å². The fourth-order valence-electron chi connectivity index (χ4n) is 1.41. The minimum atomic E-state index is -3.29. The van der Waals surface area contributed by atoms with Crippen molar-refractivity contribution in [3.8, 4) is 0 Å². The van der Waals surface area contributed by atoms with Gasteiger partial charge in [-0.25, -0.2) is 8.42 Å². The van der Waals surface area contributed by atoms with E-state index in [-0.39, 0.29) is 17.1 Å². The maximum Gasteiger partial charge on any atom is 0.307 e. The van der Waals surface area contributed by atoms with Crippen molar-refractivity contribution >= 4 is 15.8 Å². The van der Waals surface area contributed by atoms with Gasteiger partial charge in [-0.3, -0.25) is 4.79 Å². The van der Waals surface area contributed by atoms with E-state index in [0.29, 0.717) is 12.1 Å². The maximum absolute atomic E-state index is 11.9. The van der Waals surface area contributed by atoms with Crippen LogP contribution >= 0.6 is 0 Å². The van der Waals surface area contributed by atoms with E-state index >= 15 is 0 Å². The Hall–Kier alpha value is -1.40. The number of sulfone groups is 1. The first-order valence-corrected chi connectivity index (χ1v) is 7.15. The van der Waals surface area contributed by atoms with Crippen molar-refractivity contribution in [1.29, 1.82) is 0 Å². The lowest BCUT2D eigenvalue weighted by Crippen LogP contribution is -2.21. The summed E-state index contributed by atoms with van der Waals surface area (Å²) in [6.07, 6.45) is -0.0992. The number of carbonyl (C=O) groups is 1. The van der Waals surface area contributed by atoms with E-state index in [4.69, 9.17) is 5.11 Å². The highest BCUT2D eigenvalue weighted by Crippen LogP contribution is 2.13. The van der Waals surface area contributed by atoms with Crippen LogP contribution in [-0.4, -0.2) is 50.8 Å². The van der Waals surface area contributed by atoms with Crippen LogP contribution in [0.3, 0.4) is 0 Å². The molecule has 0 spiro atoms. The van der Waals surface area contributed by atoms with Gasteiger partial charge in [-0.05, 0) is 31.8 Å². The van der Waals surface area contributed by atoms with Crippen LogP contribution < -0.4 is 0 Å². The summed E-state index contributed by atoms with van der Waals surface area (Å²) >= 11 is 0. The molecular formula is C12H17NO4S. The molecule has 0 aliphatic carbocycles. The Bertz CT molecular complexity index is 505. The summed E-state index contributed by atoms with van der Waals surface area (Å²) in [4.78, 5) is 12.5. The molecule has 0 unspecified atom stereocenters. The van der Waals surface area contributed by atoms with Crippen molar-refractivity contribution in [2.24, 2.45) is 0 Å². The first kappa shape index (κ1) is 14.7. The first-order valence-electron chi connectivity index (χ1n) is 5.49. The van der Waals surface area contributed by atoms with E-state index in [1.165, 1.54) is 24.3 Å². The largest absolute Gasteiger partial charge is 0.481 e. The van der Waals surface area contributed by atoms with Crippen LogP contribution in [0.1, 0.15) is 5.56 Å². The van der Waals surface area contributed by atoms with Crippen LogP contribution in [0.2, 0.25) is 0 Å². The van der Waals surface area contributed by atoms with E-state index in [1.807, 2.05) is 14.1 Å². The van der Waals surface area contributed by atoms with Gasteiger partial charge in [0.25, 0.3) is 0 Å². The molecule has 100 valence electrons. The highest BCUT2D eigenvalue weighted by Gasteiger charge is 2.14. The van der Waals surface area contributed by atoms with E-state index in [9.17, 15) is 13.2 Å². The van der Waals surface area contributed by atoms with Crippen LogP contribution in [-0.2, 0) is 21.1 Å². The molecule has 0 heterocycles. The van der Waals surface area contributed by atoms with Crippen LogP contribution in [0.4, 0.5) is 0 Å². The van der Waals surface area contributed by atoms with Crippen LogP contribution in [0.15, 0.2) is 29.2 Å². The van der Waals surface area contributed by atoms with Gasteiger partial charge >= 0.3 is 5.97 Å².